The Bertz CT molecular complexity index is 2760. The number of methoxy groups -OCH3 is 1. The molecule has 0 saturated heterocycles. The number of hydrogen-bond donors (Lipinski definition) is 3. The molecule has 0 aliphatic carbocycles. The predicted molar refractivity (Wildman–Crippen MR) is 259 cm³/mol. The van der Waals surface area contributed by atoms with Gasteiger partial charge in [0.15, 0.2) is 18.9 Å². The van der Waals surface area contributed by atoms with Crippen LogP contribution in [0.4, 0.5) is 5.69 Å². The number of aldehydes is 3. The number of ether oxygens (including phenoxy) is 3. The average Bonchev–Trinajstić information content (AvgIpc) is 3.35. The summed E-state index contributed by atoms with van der Waals surface area (Å²) in [4.78, 5) is 75.8. The second-order valence-corrected chi connectivity index (χ2v) is 16.6. The van der Waals surface area contributed by atoms with Crippen LogP contribution in [0.1, 0.15) is 139 Å². The summed E-state index contributed by atoms with van der Waals surface area (Å²) in [5, 5.41) is 8.89. The van der Waals surface area contributed by atoms with E-state index in [2.05, 4.69) is 29.8 Å². The molecule has 344 valence electrons. The Morgan fingerprint density at radius 2 is 1.06 bits per heavy atom. The zero-order valence-electron chi connectivity index (χ0n) is 38.6. The maximum atomic E-state index is 13.8. The van der Waals surface area contributed by atoms with Crippen molar-refractivity contribution >= 4 is 42.3 Å². The van der Waals surface area contributed by atoms with Gasteiger partial charge < -0.3 is 30.2 Å². The van der Waals surface area contributed by atoms with Gasteiger partial charge in [-0.25, -0.2) is 0 Å². The molecular formula is C55H55N3O9. The Morgan fingerprint density at radius 1 is 0.537 bits per heavy atom. The van der Waals surface area contributed by atoms with E-state index in [-0.39, 0.29) is 33.7 Å². The van der Waals surface area contributed by atoms with Crippen LogP contribution < -0.4 is 30.2 Å². The Morgan fingerprint density at radius 3 is 1.61 bits per heavy atom. The molecule has 3 N–H and O–H groups in total. The number of hydrogen-bond acceptors (Lipinski definition) is 9. The lowest BCUT2D eigenvalue weighted by atomic mass is 9.78. The smallest absolute Gasteiger partial charge is 0.256 e. The third-order valence-electron chi connectivity index (χ3n) is 12.1. The molecule has 12 heteroatoms. The van der Waals surface area contributed by atoms with Crippen molar-refractivity contribution in [1.82, 2.24) is 10.6 Å². The van der Waals surface area contributed by atoms with Gasteiger partial charge in [-0.1, -0.05) is 77.4 Å². The van der Waals surface area contributed by atoms with Crippen LogP contribution in [0, 0.1) is 0 Å². The third kappa shape index (κ3) is 11.3. The lowest BCUT2D eigenvalue weighted by Gasteiger charge is -2.34. The summed E-state index contributed by atoms with van der Waals surface area (Å²) in [5.74, 6) is 1.09. The molecule has 6 aromatic rings. The van der Waals surface area contributed by atoms with Crippen LogP contribution in [0.5, 0.6) is 28.7 Å². The fourth-order valence-corrected chi connectivity index (χ4v) is 7.86. The summed E-state index contributed by atoms with van der Waals surface area (Å²) in [6.07, 6.45) is 4.72. The first kappa shape index (κ1) is 48.6. The van der Waals surface area contributed by atoms with Crippen LogP contribution in [-0.4, -0.2) is 50.2 Å². The van der Waals surface area contributed by atoms with Crippen LogP contribution in [0.2, 0.25) is 0 Å². The van der Waals surface area contributed by atoms with Crippen molar-refractivity contribution < 1.29 is 43.0 Å². The average molecular weight is 902 g/mol. The summed E-state index contributed by atoms with van der Waals surface area (Å²) in [5.41, 5.74) is 3.23. The lowest BCUT2D eigenvalue weighted by Crippen LogP contribution is -2.45. The second-order valence-electron chi connectivity index (χ2n) is 16.6. The molecule has 0 unspecified atom stereocenters. The monoisotopic (exact) mass is 901 g/mol. The summed E-state index contributed by atoms with van der Waals surface area (Å²) < 4.78 is 17.5. The first-order chi connectivity index (χ1) is 32.3. The number of nitrogens with one attached hydrogen (secondary N) is 3. The van der Waals surface area contributed by atoms with Crippen molar-refractivity contribution in [2.75, 3.05) is 19.0 Å². The van der Waals surface area contributed by atoms with E-state index in [0.29, 0.717) is 78.2 Å². The summed E-state index contributed by atoms with van der Waals surface area (Å²) >= 11 is 0. The van der Waals surface area contributed by atoms with E-state index in [0.717, 1.165) is 29.5 Å². The Balaban J connectivity index is 1.12. The molecular weight excluding hydrogens is 847 g/mol. The molecule has 0 bridgehead atoms. The molecule has 0 atom stereocenters. The van der Waals surface area contributed by atoms with E-state index < -0.39 is 22.8 Å². The lowest BCUT2D eigenvalue weighted by molar-refractivity contribution is 0.0883. The summed E-state index contributed by atoms with van der Waals surface area (Å²) in [6, 6.07) is 36.6. The van der Waals surface area contributed by atoms with Gasteiger partial charge in [0.05, 0.1) is 29.3 Å². The van der Waals surface area contributed by atoms with Gasteiger partial charge in [-0.2, -0.15) is 0 Å². The molecule has 12 nitrogen and oxygen atoms in total. The van der Waals surface area contributed by atoms with Gasteiger partial charge in [-0.3, -0.25) is 28.8 Å². The van der Waals surface area contributed by atoms with Crippen LogP contribution in [0.15, 0.2) is 127 Å². The maximum Gasteiger partial charge on any atom is 0.256 e. The van der Waals surface area contributed by atoms with Gasteiger partial charge in [0.1, 0.15) is 28.7 Å². The predicted octanol–water partition coefficient (Wildman–Crippen LogP) is 11.3. The fourth-order valence-electron chi connectivity index (χ4n) is 7.86. The highest BCUT2D eigenvalue weighted by molar-refractivity contribution is 6.09. The summed E-state index contributed by atoms with van der Waals surface area (Å²) in [6.45, 7) is 10.7. The molecule has 6 rings (SSSR count). The van der Waals surface area contributed by atoms with Gasteiger partial charge in [-0.15, -0.1) is 0 Å². The SMILES string of the molecule is CCCCNC(=O)c1ccc(Oc2ccc(C(C)(C)c3ccc(Oc4ccc(C=O)c(C(=O)Nc5cccc(C(CC)(CC)NC(=O)c6ccc(OC)cc6C=O)c5)c4)cc3)cc2)cc1C=O. The minimum atomic E-state index is -0.835. The molecule has 3 amide bonds. The molecule has 0 fully saturated rings. The molecule has 0 saturated carbocycles. The van der Waals surface area contributed by atoms with Crippen LogP contribution in [-0.2, 0) is 11.0 Å². The largest absolute Gasteiger partial charge is 0.497 e. The highest BCUT2D eigenvalue weighted by Crippen LogP contribution is 2.36. The number of carbonyl (C=O) groups is 6. The first-order valence-corrected chi connectivity index (χ1v) is 22.2. The molecule has 67 heavy (non-hydrogen) atoms. The number of benzene rings is 6. The van der Waals surface area contributed by atoms with Crippen LogP contribution in [0.3, 0.4) is 0 Å². The molecule has 0 radical (unpaired) electrons. The van der Waals surface area contributed by atoms with E-state index in [1.165, 1.54) is 25.3 Å². The van der Waals surface area contributed by atoms with E-state index in [1.54, 1.807) is 54.6 Å². The Hall–Kier alpha value is -7.86. The molecule has 0 heterocycles. The van der Waals surface area contributed by atoms with Crippen molar-refractivity contribution in [2.24, 2.45) is 0 Å². The van der Waals surface area contributed by atoms with Crippen molar-refractivity contribution in [2.45, 2.75) is 71.3 Å². The van der Waals surface area contributed by atoms with E-state index in [4.69, 9.17) is 14.2 Å². The Kier molecular flexibility index (Phi) is 15.9. The minimum Gasteiger partial charge on any atom is -0.497 e. The molecule has 0 spiro atoms. The fraction of sp³-hybridized carbons (Fsp3) is 0.236. The molecule has 0 aliphatic rings. The van der Waals surface area contributed by atoms with Gasteiger partial charge >= 0.3 is 0 Å². The number of unbranched alkanes of at least 4 members (excludes halogenated alkanes) is 1. The minimum absolute atomic E-state index is 0.112. The summed E-state index contributed by atoms with van der Waals surface area (Å²) in [7, 11) is 1.48. The van der Waals surface area contributed by atoms with Crippen LogP contribution in [0.25, 0.3) is 0 Å². The van der Waals surface area contributed by atoms with Crippen molar-refractivity contribution in [3.63, 3.8) is 0 Å². The van der Waals surface area contributed by atoms with Gasteiger partial charge in [0.2, 0.25) is 0 Å². The zero-order valence-corrected chi connectivity index (χ0v) is 38.6. The van der Waals surface area contributed by atoms with Crippen molar-refractivity contribution in [3.05, 3.63) is 177 Å². The topological polar surface area (TPSA) is 166 Å². The van der Waals surface area contributed by atoms with E-state index >= 15 is 0 Å². The molecule has 0 aromatic heterocycles. The van der Waals surface area contributed by atoms with Gasteiger partial charge in [-0.05, 0) is 127 Å². The van der Waals surface area contributed by atoms with E-state index in [9.17, 15) is 28.8 Å². The quantitative estimate of drug-likeness (QED) is 0.0471. The first-order valence-electron chi connectivity index (χ1n) is 22.2. The second kappa shape index (κ2) is 21.9. The van der Waals surface area contributed by atoms with Crippen molar-refractivity contribution in [1.29, 1.82) is 0 Å². The van der Waals surface area contributed by atoms with Gasteiger partial charge in [0.25, 0.3) is 17.7 Å². The number of anilines is 1. The van der Waals surface area contributed by atoms with Gasteiger partial charge in [0, 0.05) is 34.3 Å². The zero-order chi connectivity index (χ0) is 48.1. The van der Waals surface area contributed by atoms with Crippen LogP contribution >= 0.6 is 0 Å². The van der Waals surface area contributed by atoms with E-state index in [1.807, 2.05) is 75.4 Å². The number of amides is 3. The standard InChI is InChI=1S/C55H55N3O9/c1-7-10-28-56-51(62)48-27-25-46(30-38(48)35-61)66-43-20-15-39(16-21-43)54(4,5)40-17-22-44(23-18-40)67-47-19-14-36(33-59)50(32-47)52(63)57-42-13-11-12-41(31-42)55(8-2,9-3)58-53(64)49-26-24-45(65-6)29-37(49)34-60/h11-27,29-35H,7-10,28H2,1-6H3,(H,56,62)(H,57,63)(H,58,64). The third-order valence-corrected chi connectivity index (χ3v) is 12.1. The molecule has 0 aliphatic heterocycles. The molecule has 6 aromatic carbocycles. The normalized spacial score (nSPS) is 11.2. The maximum absolute atomic E-state index is 13.8. The number of carbonyl (C=O) groups excluding carboxylic acids is 6. The van der Waals surface area contributed by atoms with Crippen molar-refractivity contribution in [3.8, 4) is 28.7 Å². The number of rotatable bonds is 21. The Labute approximate surface area is 391 Å². The highest BCUT2D eigenvalue weighted by Gasteiger charge is 2.32. The highest BCUT2D eigenvalue weighted by atomic mass is 16.5.